The Hall–Kier alpha value is -0.620. The SMILES string of the molecule is CC1NCCCC1C(=O)N1CCS(=O)(=O)CC1C. The second-order valence-electron chi connectivity index (χ2n) is 5.49. The van der Waals surface area contributed by atoms with E-state index in [1.54, 1.807) is 4.90 Å². The Kier molecular flexibility index (Phi) is 3.96. The summed E-state index contributed by atoms with van der Waals surface area (Å²) in [5.74, 6) is 0.337. The number of carbonyl (C=O) groups is 1. The maximum atomic E-state index is 12.5. The fraction of sp³-hybridized carbons (Fsp3) is 0.917. The van der Waals surface area contributed by atoms with Crippen LogP contribution in [-0.2, 0) is 14.6 Å². The van der Waals surface area contributed by atoms with Gasteiger partial charge < -0.3 is 10.2 Å². The highest BCUT2D eigenvalue weighted by Crippen LogP contribution is 2.22. The quantitative estimate of drug-likeness (QED) is 0.732. The number of hydrogen-bond donors (Lipinski definition) is 1. The molecule has 2 aliphatic heterocycles. The molecule has 18 heavy (non-hydrogen) atoms. The van der Waals surface area contributed by atoms with Crippen molar-refractivity contribution in [3.05, 3.63) is 0 Å². The van der Waals surface area contributed by atoms with Gasteiger partial charge in [0, 0.05) is 18.6 Å². The number of carbonyl (C=O) groups excluding carboxylic acids is 1. The average Bonchev–Trinajstić information content (AvgIpc) is 2.27. The molecular weight excluding hydrogens is 252 g/mol. The zero-order valence-corrected chi connectivity index (χ0v) is 11.9. The van der Waals surface area contributed by atoms with Gasteiger partial charge in [-0.05, 0) is 33.2 Å². The Balaban J connectivity index is 2.05. The number of piperidine rings is 1. The molecule has 5 nitrogen and oxygen atoms in total. The van der Waals surface area contributed by atoms with Crippen molar-refractivity contribution < 1.29 is 13.2 Å². The number of sulfone groups is 1. The fourth-order valence-electron chi connectivity index (χ4n) is 2.92. The van der Waals surface area contributed by atoms with E-state index < -0.39 is 9.84 Å². The van der Waals surface area contributed by atoms with Gasteiger partial charge in [-0.3, -0.25) is 4.79 Å². The molecule has 0 aromatic heterocycles. The molecule has 104 valence electrons. The van der Waals surface area contributed by atoms with E-state index in [-0.39, 0.29) is 35.4 Å². The first-order chi connectivity index (χ1) is 8.41. The van der Waals surface area contributed by atoms with Crippen LogP contribution >= 0.6 is 0 Å². The van der Waals surface area contributed by atoms with Gasteiger partial charge in [-0.15, -0.1) is 0 Å². The number of nitrogens with one attached hydrogen (secondary N) is 1. The fourth-order valence-corrected chi connectivity index (χ4v) is 4.48. The molecule has 2 fully saturated rings. The average molecular weight is 274 g/mol. The number of amides is 1. The standard InChI is InChI=1S/C12H22N2O3S/c1-9-8-18(16,17)7-6-14(9)12(15)11-4-3-5-13-10(11)2/h9-11,13H,3-8H2,1-2H3. The van der Waals surface area contributed by atoms with Crippen LogP contribution in [0, 0.1) is 5.92 Å². The lowest BCUT2D eigenvalue weighted by atomic mass is 9.90. The first-order valence-electron chi connectivity index (χ1n) is 6.65. The van der Waals surface area contributed by atoms with E-state index in [4.69, 9.17) is 0 Å². The van der Waals surface area contributed by atoms with Gasteiger partial charge in [0.15, 0.2) is 9.84 Å². The Morgan fingerprint density at radius 2 is 2.06 bits per heavy atom. The van der Waals surface area contributed by atoms with Crippen LogP contribution in [0.25, 0.3) is 0 Å². The van der Waals surface area contributed by atoms with Crippen LogP contribution in [0.2, 0.25) is 0 Å². The van der Waals surface area contributed by atoms with Crippen molar-refractivity contribution >= 4 is 15.7 Å². The molecule has 1 N–H and O–H groups in total. The highest BCUT2D eigenvalue weighted by atomic mass is 32.2. The number of nitrogens with zero attached hydrogens (tertiary/aromatic N) is 1. The Morgan fingerprint density at radius 3 is 2.67 bits per heavy atom. The summed E-state index contributed by atoms with van der Waals surface area (Å²) in [6.07, 6.45) is 1.92. The van der Waals surface area contributed by atoms with Crippen molar-refractivity contribution in [2.75, 3.05) is 24.6 Å². The maximum Gasteiger partial charge on any atom is 0.227 e. The van der Waals surface area contributed by atoms with Crippen LogP contribution in [-0.4, -0.2) is 55.9 Å². The van der Waals surface area contributed by atoms with Crippen molar-refractivity contribution in [1.29, 1.82) is 0 Å². The molecule has 0 bridgehead atoms. The summed E-state index contributed by atoms with van der Waals surface area (Å²) in [6, 6.07) is 0.00219. The Bertz CT molecular complexity index is 421. The van der Waals surface area contributed by atoms with Gasteiger partial charge in [0.2, 0.25) is 5.91 Å². The molecule has 0 radical (unpaired) electrons. The summed E-state index contributed by atoms with van der Waals surface area (Å²) in [4.78, 5) is 14.2. The predicted octanol–water partition coefficient (Wildman–Crippen LogP) is 0.0200. The topological polar surface area (TPSA) is 66.5 Å². The highest BCUT2D eigenvalue weighted by Gasteiger charge is 2.37. The summed E-state index contributed by atoms with van der Waals surface area (Å²) in [7, 11) is -2.95. The lowest BCUT2D eigenvalue weighted by molar-refractivity contribution is -0.138. The van der Waals surface area contributed by atoms with Crippen LogP contribution in [0.1, 0.15) is 26.7 Å². The molecular formula is C12H22N2O3S. The summed E-state index contributed by atoms with van der Waals surface area (Å²) < 4.78 is 23.0. The Labute approximate surface area is 109 Å². The lowest BCUT2D eigenvalue weighted by Crippen LogP contribution is -2.55. The first-order valence-corrected chi connectivity index (χ1v) is 8.47. The second kappa shape index (κ2) is 5.17. The molecule has 3 atom stereocenters. The third-order valence-electron chi connectivity index (χ3n) is 4.03. The molecule has 0 aliphatic carbocycles. The Morgan fingerprint density at radius 1 is 1.33 bits per heavy atom. The predicted molar refractivity (Wildman–Crippen MR) is 70.0 cm³/mol. The van der Waals surface area contributed by atoms with Crippen molar-refractivity contribution in [3.8, 4) is 0 Å². The van der Waals surface area contributed by atoms with Crippen LogP contribution in [0.5, 0.6) is 0 Å². The highest BCUT2D eigenvalue weighted by molar-refractivity contribution is 7.91. The monoisotopic (exact) mass is 274 g/mol. The van der Waals surface area contributed by atoms with Crippen LogP contribution in [0.15, 0.2) is 0 Å². The zero-order valence-electron chi connectivity index (χ0n) is 11.1. The maximum absolute atomic E-state index is 12.5. The minimum Gasteiger partial charge on any atom is -0.338 e. The van der Waals surface area contributed by atoms with E-state index in [9.17, 15) is 13.2 Å². The van der Waals surface area contributed by atoms with Crippen molar-refractivity contribution in [3.63, 3.8) is 0 Å². The summed E-state index contributed by atoms with van der Waals surface area (Å²) >= 11 is 0. The minimum absolute atomic E-state index is 0.00186. The van der Waals surface area contributed by atoms with E-state index in [1.165, 1.54) is 0 Å². The third kappa shape index (κ3) is 2.85. The molecule has 0 aromatic carbocycles. The van der Waals surface area contributed by atoms with E-state index in [2.05, 4.69) is 5.32 Å². The van der Waals surface area contributed by atoms with Crippen molar-refractivity contribution in [2.45, 2.75) is 38.8 Å². The van der Waals surface area contributed by atoms with Gasteiger partial charge in [0.1, 0.15) is 0 Å². The summed E-state index contributed by atoms with van der Waals surface area (Å²) in [6.45, 7) is 5.18. The van der Waals surface area contributed by atoms with E-state index >= 15 is 0 Å². The molecule has 1 amide bonds. The van der Waals surface area contributed by atoms with E-state index in [1.807, 2.05) is 13.8 Å². The van der Waals surface area contributed by atoms with Gasteiger partial charge in [0.25, 0.3) is 0 Å². The van der Waals surface area contributed by atoms with Gasteiger partial charge in [0.05, 0.1) is 17.4 Å². The summed E-state index contributed by atoms with van der Waals surface area (Å²) in [5, 5.41) is 3.32. The number of hydrogen-bond acceptors (Lipinski definition) is 4. The largest absolute Gasteiger partial charge is 0.338 e. The molecule has 0 saturated carbocycles. The van der Waals surface area contributed by atoms with Gasteiger partial charge in [-0.25, -0.2) is 8.42 Å². The second-order valence-corrected chi connectivity index (χ2v) is 7.72. The number of rotatable bonds is 1. The van der Waals surface area contributed by atoms with Crippen LogP contribution < -0.4 is 5.32 Å². The van der Waals surface area contributed by atoms with Gasteiger partial charge in [-0.1, -0.05) is 0 Å². The van der Waals surface area contributed by atoms with Crippen LogP contribution in [0.3, 0.4) is 0 Å². The van der Waals surface area contributed by atoms with E-state index in [0.29, 0.717) is 6.54 Å². The smallest absolute Gasteiger partial charge is 0.227 e. The minimum atomic E-state index is -2.95. The van der Waals surface area contributed by atoms with Crippen molar-refractivity contribution in [1.82, 2.24) is 10.2 Å². The molecule has 0 spiro atoms. The van der Waals surface area contributed by atoms with E-state index in [0.717, 1.165) is 19.4 Å². The molecule has 6 heteroatoms. The zero-order chi connectivity index (χ0) is 13.3. The molecule has 2 heterocycles. The lowest BCUT2D eigenvalue weighted by Gasteiger charge is -2.38. The van der Waals surface area contributed by atoms with Gasteiger partial charge in [-0.2, -0.15) is 0 Å². The molecule has 0 aromatic rings. The molecule has 2 saturated heterocycles. The van der Waals surface area contributed by atoms with Crippen LogP contribution in [0.4, 0.5) is 0 Å². The van der Waals surface area contributed by atoms with Gasteiger partial charge >= 0.3 is 0 Å². The molecule has 2 aliphatic rings. The normalized spacial score (nSPS) is 36.3. The van der Waals surface area contributed by atoms with Crippen molar-refractivity contribution in [2.24, 2.45) is 5.92 Å². The molecule has 2 rings (SSSR count). The summed E-state index contributed by atoms with van der Waals surface area (Å²) in [5.41, 5.74) is 0. The first kappa shape index (κ1) is 13.8. The molecule has 3 unspecified atom stereocenters. The third-order valence-corrected chi connectivity index (χ3v) is 5.83.